The largest absolute Gasteiger partial charge is 0.384 e. The van der Waals surface area contributed by atoms with Crippen molar-refractivity contribution in [2.45, 2.75) is 0 Å². The summed E-state index contributed by atoms with van der Waals surface area (Å²) >= 11 is 0. The summed E-state index contributed by atoms with van der Waals surface area (Å²) in [6.45, 7) is 0. The van der Waals surface area contributed by atoms with Gasteiger partial charge in [-0.3, -0.25) is 4.79 Å². The van der Waals surface area contributed by atoms with Gasteiger partial charge in [0, 0.05) is 29.2 Å². The van der Waals surface area contributed by atoms with E-state index in [1.807, 2.05) is 12.1 Å². The van der Waals surface area contributed by atoms with Crippen LogP contribution in [0, 0.1) is 0 Å². The molecular weight excluding hydrogens is 278 g/mol. The maximum absolute atomic E-state index is 10.8. The van der Waals surface area contributed by atoms with Crippen molar-refractivity contribution in [2.75, 3.05) is 11.1 Å². The maximum Gasteiger partial charge on any atom is 0.227 e. The van der Waals surface area contributed by atoms with E-state index in [0.29, 0.717) is 17.3 Å². The highest BCUT2D eigenvalue weighted by atomic mass is 16.1. The molecule has 0 fully saturated rings. The van der Waals surface area contributed by atoms with Gasteiger partial charge in [-0.1, -0.05) is 12.1 Å². The molecule has 6 nitrogen and oxygen atoms in total. The lowest BCUT2D eigenvalue weighted by molar-refractivity contribution is 0.112. The lowest BCUT2D eigenvalue weighted by atomic mass is 10.2. The molecule has 22 heavy (non-hydrogen) atoms. The van der Waals surface area contributed by atoms with E-state index in [4.69, 9.17) is 5.73 Å². The second kappa shape index (κ2) is 6.01. The van der Waals surface area contributed by atoms with Crippen molar-refractivity contribution in [1.29, 1.82) is 0 Å². The number of nitrogens with one attached hydrogen (secondary N) is 1. The number of aldehydes is 1. The van der Waals surface area contributed by atoms with E-state index in [1.165, 1.54) is 0 Å². The Hall–Kier alpha value is -3.28. The van der Waals surface area contributed by atoms with Crippen LogP contribution >= 0.6 is 0 Å². The predicted molar refractivity (Wildman–Crippen MR) is 84.8 cm³/mol. The van der Waals surface area contributed by atoms with Crippen LogP contribution in [0.1, 0.15) is 10.4 Å². The number of carbonyl (C=O) groups is 1. The number of nitrogens with zero attached hydrogens (tertiary/aromatic N) is 3. The Morgan fingerprint density at radius 2 is 2.00 bits per heavy atom. The second-order valence-electron chi connectivity index (χ2n) is 4.61. The van der Waals surface area contributed by atoms with Crippen molar-refractivity contribution in [1.82, 2.24) is 15.0 Å². The Balaban J connectivity index is 1.87. The third kappa shape index (κ3) is 3.06. The van der Waals surface area contributed by atoms with Crippen LogP contribution in [-0.2, 0) is 0 Å². The van der Waals surface area contributed by atoms with Crippen LogP contribution in [0.15, 0.2) is 54.9 Å². The molecule has 0 atom stereocenters. The fourth-order valence-corrected chi connectivity index (χ4v) is 1.96. The Kier molecular flexibility index (Phi) is 3.74. The van der Waals surface area contributed by atoms with Crippen molar-refractivity contribution in [3.05, 3.63) is 60.4 Å². The molecule has 0 saturated heterocycles. The zero-order valence-corrected chi connectivity index (χ0v) is 11.6. The highest BCUT2D eigenvalue weighted by Gasteiger charge is 2.04. The van der Waals surface area contributed by atoms with Gasteiger partial charge in [-0.2, -0.15) is 0 Å². The molecule has 1 aromatic carbocycles. The van der Waals surface area contributed by atoms with Crippen LogP contribution in [0.4, 0.5) is 17.5 Å². The van der Waals surface area contributed by atoms with Gasteiger partial charge >= 0.3 is 0 Å². The predicted octanol–water partition coefficient (Wildman–Crippen LogP) is 2.68. The Bertz CT molecular complexity index is 802. The quantitative estimate of drug-likeness (QED) is 0.718. The maximum atomic E-state index is 10.8. The Labute approximate surface area is 127 Å². The number of pyridine rings is 1. The van der Waals surface area contributed by atoms with Gasteiger partial charge in [-0.05, 0) is 30.3 Å². The van der Waals surface area contributed by atoms with Gasteiger partial charge < -0.3 is 11.1 Å². The van der Waals surface area contributed by atoms with Gasteiger partial charge in [-0.15, -0.1) is 0 Å². The topological polar surface area (TPSA) is 93.8 Å². The third-order valence-electron chi connectivity index (χ3n) is 3.02. The molecule has 2 aromatic heterocycles. The highest BCUT2D eigenvalue weighted by Crippen LogP contribution is 2.19. The molecular formula is C16H13N5O. The number of aromatic nitrogens is 3. The lowest BCUT2D eigenvalue weighted by Crippen LogP contribution is -1.98. The average molecular weight is 291 g/mol. The Morgan fingerprint density at radius 1 is 1.09 bits per heavy atom. The molecule has 0 aliphatic carbocycles. The van der Waals surface area contributed by atoms with Gasteiger partial charge in [0.2, 0.25) is 5.95 Å². The number of anilines is 3. The third-order valence-corrected chi connectivity index (χ3v) is 3.02. The number of nitrogens with two attached hydrogens (primary N) is 1. The molecule has 0 saturated carbocycles. The highest BCUT2D eigenvalue weighted by molar-refractivity contribution is 5.77. The van der Waals surface area contributed by atoms with Gasteiger partial charge in [0.1, 0.15) is 12.1 Å². The molecule has 0 unspecified atom stereocenters. The molecule has 0 radical (unpaired) electrons. The molecule has 0 aliphatic rings. The fraction of sp³-hybridized carbons (Fsp3) is 0. The minimum absolute atomic E-state index is 0.442. The van der Waals surface area contributed by atoms with Crippen LogP contribution in [0.3, 0.4) is 0 Å². The summed E-state index contributed by atoms with van der Waals surface area (Å²) in [6, 6.07) is 12.5. The first-order chi connectivity index (χ1) is 10.7. The number of nitrogen functional groups attached to an aromatic ring is 1. The normalized spacial score (nSPS) is 10.2. The van der Waals surface area contributed by atoms with Crippen molar-refractivity contribution >= 4 is 23.7 Å². The molecule has 0 aliphatic heterocycles. The van der Waals surface area contributed by atoms with Crippen LogP contribution < -0.4 is 11.1 Å². The summed E-state index contributed by atoms with van der Waals surface area (Å²) < 4.78 is 0. The molecule has 6 heteroatoms. The van der Waals surface area contributed by atoms with E-state index in [-0.39, 0.29) is 0 Å². The molecule has 0 spiro atoms. The lowest BCUT2D eigenvalue weighted by Gasteiger charge is -2.07. The van der Waals surface area contributed by atoms with E-state index in [1.54, 1.807) is 42.7 Å². The number of carbonyl (C=O) groups excluding carboxylic acids is 1. The molecule has 2 heterocycles. The first kappa shape index (κ1) is 13.7. The first-order valence-electron chi connectivity index (χ1n) is 6.62. The van der Waals surface area contributed by atoms with Gasteiger partial charge in [-0.25, -0.2) is 15.0 Å². The van der Waals surface area contributed by atoms with E-state index in [9.17, 15) is 4.79 Å². The standard InChI is InChI=1S/C16H13N5O/c17-15-5-4-12(9-19-15)14-6-7-18-16(21-14)20-13-3-1-2-11(8-13)10-22/h1-10H,(H2,17,19)(H,18,20,21). The monoisotopic (exact) mass is 291 g/mol. The minimum atomic E-state index is 0.442. The molecule has 108 valence electrons. The van der Waals surface area contributed by atoms with Crippen LogP contribution in [0.2, 0.25) is 0 Å². The van der Waals surface area contributed by atoms with E-state index >= 15 is 0 Å². The molecule has 0 bridgehead atoms. The van der Waals surface area contributed by atoms with Gasteiger partial charge in [0.05, 0.1) is 5.69 Å². The summed E-state index contributed by atoms with van der Waals surface area (Å²) in [5, 5.41) is 3.07. The van der Waals surface area contributed by atoms with Crippen LogP contribution in [-0.4, -0.2) is 21.2 Å². The second-order valence-corrected chi connectivity index (χ2v) is 4.61. The first-order valence-corrected chi connectivity index (χ1v) is 6.62. The average Bonchev–Trinajstić information content (AvgIpc) is 2.56. The van der Waals surface area contributed by atoms with Crippen molar-refractivity contribution in [2.24, 2.45) is 0 Å². The smallest absolute Gasteiger partial charge is 0.227 e. The van der Waals surface area contributed by atoms with Crippen molar-refractivity contribution in [3.8, 4) is 11.3 Å². The minimum Gasteiger partial charge on any atom is -0.384 e. The van der Waals surface area contributed by atoms with Gasteiger partial charge in [0.25, 0.3) is 0 Å². The molecule has 0 amide bonds. The Morgan fingerprint density at radius 3 is 2.77 bits per heavy atom. The number of benzene rings is 1. The zero-order valence-electron chi connectivity index (χ0n) is 11.6. The summed E-state index contributed by atoms with van der Waals surface area (Å²) in [5.74, 6) is 0.902. The van der Waals surface area contributed by atoms with Gasteiger partial charge in [0.15, 0.2) is 0 Å². The zero-order chi connectivity index (χ0) is 15.4. The molecule has 3 rings (SSSR count). The van der Waals surface area contributed by atoms with Crippen LogP contribution in [0.25, 0.3) is 11.3 Å². The van der Waals surface area contributed by atoms with E-state index in [2.05, 4.69) is 20.3 Å². The number of hydrogen-bond donors (Lipinski definition) is 2. The van der Waals surface area contributed by atoms with E-state index in [0.717, 1.165) is 23.2 Å². The molecule has 3 aromatic rings. The SMILES string of the molecule is Nc1ccc(-c2ccnc(Nc3cccc(C=O)c3)n2)cn1. The number of hydrogen-bond acceptors (Lipinski definition) is 6. The summed E-state index contributed by atoms with van der Waals surface area (Å²) in [4.78, 5) is 23.5. The summed E-state index contributed by atoms with van der Waals surface area (Å²) in [6.07, 6.45) is 4.11. The van der Waals surface area contributed by atoms with E-state index < -0.39 is 0 Å². The molecule has 3 N–H and O–H groups in total. The van der Waals surface area contributed by atoms with Crippen LogP contribution in [0.5, 0.6) is 0 Å². The van der Waals surface area contributed by atoms with Crippen molar-refractivity contribution < 1.29 is 4.79 Å². The summed E-state index contributed by atoms with van der Waals surface area (Å²) in [5.41, 5.74) is 8.50. The number of rotatable bonds is 4. The summed E-state index contributed by atoms with van der Waals surface area (Å²) in [7, 11) is 0. The van der Waals surface area contributed by atoms with Crippen molar-refractivity contribution in [3.63, 3.8) is 0 Å². The fourth-order valence-electron chi connectivity index (χ4n) is 1.96.